The van der Waals surface area contributed by atoms with Gasteiger partial charge >= 0.3 is 109 Å². The van der Waals surface area contributed by atoms with Crippen molar-refractivity contribution < 1.29 is 18.3 Å². The van der Waals surface area contributed by atoms with Gasteiger partial charge in [0.05, 0.1) is 4.90 Å². The second kappa shape index (κ2) is 10.2. The van der Waals surface area contributed by atoms with Crippen LogP contribution in [0.4, 0.5) is 4.79 Å². The van der Waals surface area contributed by atoms with Gasteiger partial charge in [0.1, 0.15) is 0 Å². The summed E-state index contributed by atoms with van der Waals surface area (Å²) < 4.78 is 23.9. The van der Waals surface area contributed by atoms with E-state index in [4.69, 9.17) is 5.11 Å². The number of nitrogens with zero attached hydrogens (tertiary/aromatic N) is 2. The van der Waals surface area contributed by atoms with Gasteiger partial charge in [-0.3, -0.25) is 0 Å². The minimum atomic E-state index is -4.02. The zero-order valence-electron chi connectivity index (χ0n) is 7.76. The Hall–Kier alpha value is 2.37. The van der Waals surface area contributed by atoms with Crippen molar-refractivity contribution >= 4 is 145 Å². The first kappa shape index (κ1) is 22.7. The zero-order valence-corrected chi connectivity index (χ0v) is 10.4. The SMILES string of the molecule is O=C(O)N(S)N(S)S(=O)(=O)c1ccccc1.[KH].[KH]. The third-order valence-corrected chi connectivity index (χ3v) is 4.49. The van der Waals surface area contributed by atoms with Crippen LogP contribution in [0.1, 0.15) is 0 Å². The molecule has 92 valence electrons. The van der Waals surface area contributed by atoms with Crippen LogP contribution in [-0.2, 0) is 10.0 Å². The molecule has 18 heavy (non-hydrogen) atoms. The first-order chi connectivity index (χ1) is 7.37. The number of benzene rings is 1. The van der Waals surface area contributed by atoms with Crippen LogP contribution in [0.25, 0.3) is 0 Å². The summed E-state index contributed by atoms with van der Waals surface area (Å²) in [7, 11) is -4.02. The van der Waals surface area contributed by atoms with E-state index in [-0.39, 0.29) is 116 Å². The molecule has 0 aliphatic rings. The molecule has 0 saturated heterocycles. The quantitative estimate of drug-likeness (QED) is 0.402. The van der Waals surface area contributed by atoms with Gasteiger partial charge in [-0.1, -0.05) is 31.0 Å². The number of sulfonamides is 1. The van der Waals surface area contributed by atoms with Gasteiger partial charge in [0.2, 0.25) is 0 Å². The number of hydrogen-bond acceptors (Lipinski definition) is 5. The van der Waals surface area contributed by atoms with Gasteiger partial charge < -0.3 is 5.11 Å². The topological polar surface area (TPSA) is 77.9 Å². The van der Waals surface area contributed by atoms with Crippen molar-refractivity contribution in [2.24, 2.45) is 0 Å². The maximum atomic E-state index is 11.8. The molecule has 0 unspecified atom stereocenters. The molecule has 0 aliphatic carbocycles. The molecule has 0 radical (unpaired) electrons. The van der Waals surface area contributed by atoms with Crippen molar-refractivity contribution in [1.82, 2.24) is 8.23 Å². The molecular weight excluding hydrogens is 350 g/mol. The molecular formula is C7H10K2N2O4S3. The predicted octanol–water partition coefficient (Wildman–Crippen LogP) is -0.0351. The standard InChI is InChI=1S/C7H8N2O4S3.2K.2H/c10-7(11)8(14)9(15)16(12,13)6-4-2-1-3-5-6;;;;/h1-5,14-15H,(H,10,11);;;;. The van der Waals surface area contributed by atoms with E-state index in [0.29, 0.717) is 0 Å². The molecule has 1 rings (SSSR count). The van der Waals surface area contributed by atoms with E-state index in [2.05, 4.69) is 25.6 Å². The zero-order chi connectivity index (χ0) is 12.3. The van der Waals surface area contributed by atoms with E-state index in [1.165, 1.54) is 24.3 Å². The number of rotatable bonds is 3. The Labute approximate surface area is 201 Å². The number of thiol groups is 2. The summed E-state index contributed by atoms with van der Waals surface area (Å²) in [4.78, 5) is 10.4. The Kier molecular flexibility index (Phi) is 12.8. The molecule has 0 spiro atoms. The molecule has 0 aromatic heterocycles. The molecule has 11 heteroatoms. The summed E-state index contributed by atoms with van der Waals surface area (Å²) in [5.41, 5.74) is 0. The van der Waals surface area contributed by atoms with Crippen LogP contribution in [-0.4, -0.2) is 131 Å². The van der Waals surface area contributed by atoms with Crippen molar-refractivity contribution in [3.05, 3.63) is 30.3 Å². The first-order valence-corrected chi connectivity index (χ1v) is 6.12. The Bertz CT molecular complexity index is 485. The van der Waals surface area contributed by atoms with Gasteiger partial charge in [0.25, 0.3) is 10.0 Å². The minimum absolute atomic E-state index is 0. The Balaban J connectivity index is 0. The second-order valence-electron chi connectivity index (χ2n) is 2.61. The molecule has 1 aromatic carbocycles. The van der Waals surface area contributed by atoms with Crippen molar-refractivity contribution in [1.29, 1.82) is 0 Å². The average Bonchev–Trinajstić information content (AvgIpc) is 2.28. The summed E-state index contributed by atoms with van der Waals surface area (Å²) in [5, 5.41) is 8.56. The van der Waals surface area contributed by atoms with E-state index in [9.17, 15) is 13.2 Å². The Morgan fingerprint density at radius 2 is 1.56 bits per heavy atom. The normalized spacial score (nSPS) is 10.2. The molecule has 0 atom stereocenters. The molecule has 1 aromatic rings. The van der Waals surface area contributed by atoms with Crippen molar-refractivity contribution in [3.8, 4) is 0 Å². The Morgan fingerprint density at radius 1 is 1.11 bits per heavy atom. The summed E-state index contributed by atoms with van der Waals surface area (Å²) in [6, 6.07) is 7.30. The molecule has 0 saturated carbocycles. The molecule has 0 bridgehead atoms. The van der Waals surface area contributed by atoms with Gasteiger partial charge in [0, 0.05) is 0 Å². The number of hydrogen-bond donors (Lipinski definition) is 3. The third-order valence-electron chi connectivity index (χ3n) is 1.59. The van der Waals surface area contributed by atoms with Gasteiger partial charge in [0.15, 0.2) is 0 Å². The Morgan fingerprint density at radius 3 is 1.94 bits per heavy atom. The van der Waals surface area contributed by atoms with Crippen LogP contribution in [0, 0.1) is 0 Å². The molecule has 1 amide bonds. The van der Waals surface area contributed by atoms with Crippen LogP contribution in [0.15, 0.2) is 35.2 Å². The van der Waals surface area contributed by atoms with E-state index in [1.54, 1.807) is 6.07 Å². The number of amides is 1. The summed E-state index contributed by atoms with van der Waals surface area (Å²) in [6.45, 7) is 0. The van der Waals surface area contributed by atoms with Crippen LogP contribution in [0.3, 0.4) is 0 Å². The molecule has 0 heterocycles. The molecule has 0 aliphatic heterocycles. The van der Waals surface area contributed by atoms with Crippen LogP contribution in [0.5, 0.6) is 0 Å². The van der Waals surface area contributed by atoms with Crippen molar-refractivity contribution in [2.45, 2.75) is 4.90 Å². The van der Waals surface area contributed by atoms with E-state index < -0.39 is 16.1 Å². The van der Waals surface area contributed by atoms with Gasteiger partial charge in [-0.15, -0.1) is 0 Å². The van der Waals surface area contributed by atoms with E-state index >= 15 is 0 Å². The average molecular weight is 361 g/mol. The van der Waals surface area contributed by atoms with Crippen molar-refractivity contribution in [2.75, 3.05) is 0 Å². The van der Waals surface area contributed by atoms with Gasteiger partial charge in [-0.25, -0.2) is 13.2 Å². The summed E-state index contributed by atoms with van der Waals surface area (Å²) in [5.74, 6) is 0. The fraction of sp³-hybridized carbons (Fsp3) is 0. The van der Waals surface area contributed by atoms with Crippen LogP contribution >= 0.6 is 25.6 Å². The molecule has 0 fully saturated rings. The third kappa shape index (κ3) is 6.01. The number of carboxylic acid groups (broad SMARTS) is 1. The summed E-state index contributed by atoms with van der Waals surface area (Å²) in [6.07, 6.45) is -1.56. The van der Waals surface area contributed by atoms with Gasteiger partial charge in [-0.2, -0.15) is 4.41 Å². The van der Waals surface area contributed by atoms with Crippen LogP contribution in [0.2, 0.25) is 0 Å². The van der Waals surface area contributed by atoms with E-state index in [0.717, 1.165) is 0 Å². The monoisotopic (exact) mass is 360 g/mol. The van der Waals surface area contributed by atoms with Crippen molar-refractivity contribution in [3.63, 3.8) is 0 Å². The van der Waals surface area contributed by atoms with Gasteiger partial charge in [-0.05, 0) is 28.8 Å². The fourth-order valence-corrected chi connectivity index (χ4v) is 2.47. The number of hydrazine groups is 1. The second-order valence-corrected chi connectivity index (χ2v) is 5.41. The predicted molar refractivity (Wildman–Crippen MR) is 77.6 cm³/mol. The fourth-order valence-electron chi connectivity index (χ4n) is 0.862. The maximum absolute atomic E-state index is 11.8. The van der Waals surface area contributed by atoms with E-state index in [1.807, 2.05) is 0 Å². The molecule has 1 N–H and O–H groups in total. The number of carbonyl (C=O) groups is 1. The van der Waals surface area contributed by atoms with Crippen LogP contribution < -0.4 is 0 Å². The summed E-state index contributed by atoms with van der Waals surface area (Å²) >= 11 is 7.04. The molecule has 6 nitrogen and oxygen atoms in total. The first-order valence-electron chi connectivity index (χ1n) is 3.88.